The van der Waals surface area contributed by atoms with E-state index in [1.54, 1.807) is 12.1 Å². The Hall–Kier alpha value is -2.77. The first-order chi connectivity index (χ1) is 9.74. The van der Waals surface area contributed by atoms with Gasteiger partial charge in [0, 0.05) is 5.56 Å². The predicted octanol–water partition coefficient (Wildman–Crippen LogP) is 2.43. The van der Waals surface area contributed by atoms with Crippen molar-refractivity contribution in [3.05, 3.63) is 34.8 Å². The molecule has 0 spiro atoms. The zero-order valence-electron chi connectivity index (χ0n) is 10.6. The average Bonchev–Trinajstić information content (AvgIpc) is 2.93. The topological polar surface area (TPSA) is 94.9 Å². The molecule has 98 valence electrons. The number of oxime groups is 1. The Morgan fingerprint density at radius 2 is 2.05 bits per heavy atom. The van der Waals surface area contributed by atoms with Crippen LogP contribution in [0.2, 0.25) is 0 Å². The number of hydrogen-bond donors (Lipinski definition) is 0. The quantitative estimate of drug-likeness (QED) is 0.634. The van der Waals surface area contributed by atoms with Gasteiger partial charge in [0.25, 0.3) is 5.71 Å². The van der Waals surface area contributed by atoms with Crippen molar-refractivity contribution in [2.24, 2.45) is 5.16 Å². The predicted molar refractivity (Wildman–Crippen MR) is 73.5 cm³/mol. The third-order valence-electron chi connectivity index (χ3n) is 2.40. The lowest BCUT2D eigenvalue weighted by Crippen LogP contribution is -1.92. The summed E-state index contributed by atoms with van der Waals surface area (Å²) in [6, 6.07) is 11.1. The standard InChI is InChI=1S/C13H9N5OS/c1-9-4-2-3-5-11(9)13-17-16-12(20-13)8-19-18-10(6-14)7-15/h2-5H,8H2,1H3. The van der Waals surface area contributed by atoms with Crippen molar-refractivity contribution < 1.29 is 4.84 Å². The Balaban J connectivity index is 2.08. The lowest BCUT2D eigenvalue weighted by molar-refractivity contribution is 0.130. The third kappa shape index (κ3) is 3.16. The van der Waals surface area contributed by atoms with E-state index in [0.29, 0.717) is 5.01 Å². The molecule has 0 aliphatic heterocycles. The van der Waals surface area contributed by atoms with Crippen LogP contribution < -0.4 is 0 Å². The number of aromatic nitrogens is 2. The molecule has 0 N–H and O–H groups in total. The number of aryl methyl sites for hydroxylation is 1. The minimum atomic E-state index is -0.325. The van der Waals surface area contributed by atoms with Crippen molar-refractivity contribution in [1.29, 1.82) is 10.5 Å². The van der Waals surface area contributed by atoms with E-state index in [0.717, 1.165) is 16.1 Å². The summed E-state index contributed by atoms with van der Waals surface area (Å²) in [5, 5.41) is 29.9. The van der Waals surface area contributed by atoms with Gasteiger partial charge in [-0.25, -0.2) is 0 Å². The molecule has 6 nitrogen and oxygen atoms in total. The number of nitriles is 2. The smallest absolute Gasteiger partial charge is 0.256 e. The summed E-state index contributed by atoms with van der Waals surface area (Å²) in [5.74, 6) is 0. The fourth-order valence-corrected chi connectivity index (χ4v) is 2.29. The highest BCUT2D eigenvalue weighted by Gasteiger charge is 2.09. The lowest BCUT2D eigenvalue weighted by atomic mass is 10.1. The van der Waals surface area contributed by atoms with Crippen LogP contribution in [0.15, 0.2) is 29.4 Å². The van der Waals surface area contributed by atoms with Crippen LogP contribution in [0.1, 0.15) is 10.6 Å². The van der Waals surface area contributed by atoms with E-state index in [1.165, 1.54) is 11.3 Å². The van der Waals surface area contributed by atoms with Gasteiger partial charge < -0.3 is 4.84 Å². The Labute approximate surface area is 119 Å². The van der Waals surface area contributed by atoms with Crippen molar-refractivity contribution >= 4 is 17.0 Å². The Morgan fingerprint density at radius 1 is 1.30 bits per heavy atom. The Morgan fingerprint density at radius 3 is 2.75 bits per heavy atom. The Kier molecular flexibility index (Phi) is 4.38. The number of benzene rings is 1. The highest BCUT2D eigenvalue weighted by molar-refractivity contribution is 7.14. The van der Waals surface area contributed by atoms with E-state index >= 15 is 0 Å². The third-order valence-corrected chi connectivity index (χ3v) is 3.33. The van der Waals surface area contributed by atoms with Gasteiger partial charge in [0.05, 0.1) is 0 Å². The van der Waals surface area contributed by atoms with Crippen LogP contribution >= 0.6 is 11.3 Å². The van der Waals surface area contributed by atoms with Gasteiger partial charge in [0.1, 0.15) is 17.1 Å². The van der Waals surface area contributed by atoms with Crippen LogP contribution in [0, 0.1) is 29.6 Å². The molecule has 2 aromatic rings. The first kappa shape index (κ1) is 13.7. The number of nitrogens with zero attached hydrogens (tertiary/aromatic N) is 5. The van der Waals surface area contributed by atoms with Gasteiger partial charge >= 0.3 is 0 Å². The maximum absolute atomic E-state index is 8.50. The van der Waals surface area contributed by atoms with Crippen molar-refractivity contribution in [2.45, 2.75) is 13.5 Å². The van der Waals surface area contributed by atoms with Crippen molar-refractivity contribution in [3.63, 3.8) is 0 Å². The van der Waals surface area contributed by atoms with Gasteiger partial charge in [-0.1, -0.05) is 40.8 Å². The summed E-state index contributed by atoms with van der Waals surface area (Å²) < 4.78 is 0. The summed E-state index contributed by atoms with van der Waals surface area (Å²) in [6.07, 6.45) is 0. The van der Waals surface area contributed by atoms with Crippen molar-refractivity contribution in [1.82, 2.24) is 10.2 Å². The van der Waals surface area contributed by atoms with Crippen LogP contribution in [0.25, 0.3) is 10.6 Å². The molecular weight excluding hydrogens is 274 g/mol. The maximum Gasteiger partial charge on any atom is 0.256 e. The molecule has 0 saturated heterocycles. The maximum atomic E-state index is 8.50. The highest BCUT2D eigenvalue weighted by Crippen LogP contribution is 2.26. The largest absolute Gasteiger partial charge is 0.387 e. The van der Waals surface area contributed by atoms with Gasteiger partial charge in [-0.15, -0.1) is 10.2 Å². The summed E-state index contributed by atoms with van der Waals surface area (Å²) in [4.78, 5) is 4.89. The molecule has 1 aromatic heterocycles. The molecular formula is C13H9N5OS. The zero-order valence-corrected chi connectivity index (χ0v) is 11.4. The molecule has 0 bridgehead atoms. The molecule has 0 amide bonds. The Bertz CT molecular complexity index is 707. The second-order valence-corrected chi connectivity index (χ2v) is 4.81. The number of hydrogen-bond acceptors (Lipinski definition) is 7. The number of rotatable bonds is 4. The molecule has 2 rings (SSSR count). The van der Waals surface area contributed by atoms with Crippen LogP contribution in [-0.4, -0.2) is 15.9 Å². The summed E-state index contributed by atoms with van der Waals surface area (Å²) in [6.45, 7) is 2.08. The molecule has 1 aromatic carbocycles. The van der Waals surface area contributed by atoms with Gasteiger partial charge in [-0.3, -0.25) is 0 Å². The first-order valence-corrected chi connectivity index (χ1v) is 6.44. The minimum Gasteiger partial charge on any atom is -0.387 e. The molecule has 0 unspecified atom stereocenters. The second-order valence-electron chi connectivity index (χ2n) is 3.75. The average molecular weight is 283 g/mol. The molecule has 0 aliphatic rings. The van der Waals surface area contributed by atoms with Crippen LogP contribution in [-0.2, 0) is 11.4 Å². The molecule has 20 heavy (non-hydrogen) atoms. The monoisotopic (exact) mass is 283 g/mol. The molecule has 0 fully saturated rings. The van der Waals surface area contributed by atoms with Crippen molar-refractivity contribution in [2.75, 3.05) is 0 Å². The highest BCUT2D eigenvalue weighted by atomic mass is 32.1. The van der Waals surface area contributed by atoms with Gasteiger partial charge in [0.2, 0.25) is 0 Å². The van der Waals surface area contributed by atoms with Crippen LogP contribution in [0.3, 0.4) is 0 Å². The second kappa shape index (κ2) is 6.41. The van der Waals surface area contributed by atoms with E-state index in [1.807, 2.05) is 31.2 Å². The van der Waals surface area contributed by atoms with Crippen LogP contribution in [0.5, 0.6) is 0 Å². The van der Waals surface area contributed by atoms with Crippen LogP contribution in [0.4, 0.5) is 0 Å². The van der Waals surface area contributed by atoms with Gasteiger partial charge in [0.15, 0.2) is 11.6 Å². The van der Waals surface area contributed by atoms with Gasteiger partial charge in [-0.05, 0) is 12.5 Å². The minimum absolute atomic E-state index is 0.0798. The van der Waals surface area contributed by atoms with Crippen molar-refractivity contribution in [3.8, 4) is 22.7 Å². The summed E-state index contributed by atoms with van der Waals surface area (Å²) in [5.41, 5.74) is 1.81. The van der Waals surface area contributed by atoms with E-state index in [2.05, 4.69) is 15.4 Å². The lowest BCUT2D eigenvalue weighted by Gasteiger charge is -1.98. The molecule has 0 radical (unpaired) electrons. The van der Waals surface area contributed by atoms with E-state index in [9.17, 15) is 0 Å². The van der Waals surface area contributed by atoms with Gasteiger partial charge in [-0.2, -0.15) is 10.5 Å². The molecule has 7 heteroatoms. The molecule has 0 atom stereocenters. The molecule has 0 saturated carbocycles. The SMILES string of the molecule is Cc1ccccc1-c1nnc(CON=C(C#N)C#N)s1. The van der Waals surface area contributed by atoms with E-state index in [4.69, 9.17) is 15.4 Å². The summed E-state index contributed by atoms with van der Waals surface area (Å²) in [7, 11) is 0. The summed E-state index contributed by atoms with van der Waals surface area (Å²) >= 11 is 1.38. The normalized spacial score (nSPS) is 9.35. The molecule has 0 aliphatic carbocycles. The first-order valence-electron chi connectivity index (χ1n) is 5.63. The fourth-order valence-electron chi connectivity index (χ4n) is 1.45. The fraction of sp³-hybridized carbons (Fsp3) is 0.154. The molecule has 1 heterocycles. The van der Waals surface area contributed by atoms with E-state index < -0.39 is 0 Å². The van der Waals surface area contributed by atoms with E-state index in [-0.39, 0.29) is 12.3 Å². The zero-order chi connectivity index (χ0) is 14.4.